The number of aromatic nitrogens is 1. The highest BCUT2D eigenvalue weighted by Crippen LogP contribution is 2.50. The van der Waals surface area contributed by atoms with Gasteiger partial charge in [0.25, 0.3) is 5.91 Å². The number of nitrogens with one attached hydrogen (secondary N) is 2. The van der Waals surface area contributed by atoms with Gasteiger partial charge in [-0.15, -0.1) is 0 Å². The van der Waals surface area contributed by atoms with Crippen LogP contribution in [0.3, 0.4) is 0 Å². The summed E-state index contributed by atoms with van der Waals surface area (Å²) in [4.78, 5) is 33.4. The Morgan fingerprint density at radius 3 is 2.49 bits per heavy atom. The summed E-state index contributed by atoms with van der Waals surface area (Å²) >= 11 is 0. The number of carbonyl (C=O) groups excluding carboxylic acids is 2. The molecule has 1 saturated carbocycles. The van der Waals surface area contributed by atoms with E-state index in [2.05, 4.69) is 10.3 Å². The van der Waals surface area contributed by atoms with E-state index in [1.54, 1.807) is 7.11 Å². The van der Waals surface area contributed by atoms with Crippen LogP contribution in [-0.2, 0) is 22.9 Å². The number of benzene rings is 2. The number of aliphatic hydroxyl groups is 1. The Bertz CT molecular complexity index is 1640. The number of nitrogens with two attached hydrogens (primary N) is 1. The van der Waals surface area contributed by atoms with E-state index in [-0.39, 0.29) is 36.1 Å². The van der Waals surface area contributed by atoms with E-state index in [0.717, 1.165) is 73.2 Å². The van der Waals surface area contributed by atoms with Crippen molar-refractivity contribution in [2.45, 2.75) is 82.0 Å². The van der Waals surface area contributed by atoms with Gasteiger partial charge in [0.15, 0.2) is 0 Å². The summed E-state index contributed by atoms with van der Waals surface area (Å²) in [6.07, 6.45) is 3.01. The number of H-pyrrole nitrogens is 1. The van der Waals surface area contributed by atoms with Crippen LogP contribution in [0.15, 0.2) is 36.4 Å². The minimum Gasteiger partial charge on any atom is -0.497 e. The van der Waals surface area contributed by atoms with Crippen LogP contribution >= 0.6 is 0 Å². The van der Waals surface area contributed by atoms with Gasteiger partial charge in [-0.1, -0.05) is 25.3 Å². The third-order valence-corrected chi connectivity index (χ3v) is 11.0. The van der Waals surface area contributed by atoms with Crippen molar-refractivity contribution < 1.29 is 32.6 Å². The molecule has 2 fully saturated rings. The summed E-state index contributed by atoms with van der Waals surface area (Å²) in [5, 5.41) is 14.5. The zero-order valence-corrected chi connectivity index (χ0v) is 28.2. The molecule has 1 atom stereocenters. The topological polar surface area (TPSA) is 124 Å². The van der Waals surface area contributed by atoms with Gasteiger partial charge in [-0.3, -0.25) is 14.5 Å². The third-order valence-electron chi connectivity index (χ3n) is 11.0. The van der Waals surface area contributed by atoms with Crippen LogP contribution < -0.4 is 15.8 Å². The quantitative estimate of drug-likeness (QED) is 0.183. The molecule has 1 spiro atoms. The monoisotopic (exact) mass is 683 g/mol. The predicted octanol–water partition coefficient (Wildman–Crippen LogP) is 5.65. The number of ether oxygens (including phenoxy) is 1. The molecular weight excluding hydrogens is 635 g/mol. The highest BCUT2D eigenvalue weighted by atomic mass is 19.4. The van der Waals surface area contributed by atoms with Gasteiger partial charge in [0.1, 0.15) is 5.75 Å². The molecule has 266 valence electrons. The smallest absolute Gasteiger partial charge is 0.416 e. The van der Waals surface area contributed by atoms with Crippen molar-refractivity contribution in [2.75, 3.05) is 46.4 Å². The molecular formula is C37H48F3N5O4. The molecule has 0 radical (unpaired) electrons. The van der Waals surface area contributed by atoms with Gasteiger partial charge in [-0.05, 0) is 80.5 Å². The second-order valence-corrected chi connectivity index (χ2v) is 14.0. The van der Waals surface area contributed by atoms with Crippen molar-refractivity contribution in [3.8, 4) is 5.75 Å². The van der Waals surface area contributed by atoms with Gasteiger partial charge in [0, 0.05) is 72.3 Å². The van der Waals surface area contributed by atoms with Crippen molar-refractivity contribution in [2.24, 2.45) is 11.7 Å². The summed E-state index contributed by atoms with van der Waals surface area (Å²) in [6, 6.07) is 9.01. The molecule has 1 aliphatic carbocycles. The number of amides is 2. The lowest BCUT2D eigenvalue weighted by molar-refractivity contribution is -0.140. The van der Waals surface area contributed by atoms with E-state index >= 15 is 0 Å². The first-order valence-corrected chi connectivity index (χ1v) is 17.6. The van der Waals surface area contributed by atoms with Gasteiger partial charge >= 0.3 is 6.18 Å². The van der Waals surface area contributed by atoms with E-state index in [4.69, 9.17) is 10.5 Å². The average Bonchev–Trinajstić information content (AvgIpc) is 3.45. The fourth-order valence-corrected chi connectivity index (χ4v) is 8.02. The fraction of sp³-hybridized carbons (Fsp3) is 0.568. The molecule has 1 aromatic heterocycles. The van der Waals surface area contributed by atoms with Crippen molar-refractivity contribution in [1.82, 2.24) is 20.1 Å². The largest absolute Gasteiger partial charge is 0.497 e. The molecule has 0 bridgehead atoms. The summed E-state index contributed by atoms with van der Waals surface area (Å²) in [6.45, 7) is 2.16. The van der Waals surface area contributed by atoms with Crippen LogP contribution in [0, 0.1) is 5.92 Å². The first-order chi connectivity index (χ1) is 23.6. The number of unbranched alkanes of at least 4 members (excludes halogenated alkanes) is 3. The number of methoxy groups -OCH3 is 1. The Morgan fingerprint density at radius 2 is 1.84 bits per heavy atom. The molecule has 9 nitrogen and oxygen atoms in total. The number of carbonyl (C=O) groups is 2. The molecule has 49 heavy (non-hydrogen) atoms. The number of fused-ring (bicyclic) bond motifs is 4. The minimum absolute atomic E-state index is 0.0396. The predicted molar refractivity (Wildman–Crippen MR) is 181 cm³/mol. The standard InChI is InChI=1S/C37H48F3N5O4/c1-49-27-11-12-28-30(20-27)43-33-31(22-46)45(23-36(32(28)33)13-17-44(18-14-36)35(48)24-7-6-8-24)21-26-10-9-25(19-29(26)37(38,39)40)34(47)42-16-5-3-2-4-15-41/h9-12,19-20,24,31,43,46H,2-8,13-18,21-23,41H2,1H3,(H,42,47)/t31-/m1/s1. The van der Waals surface area contributed by atoms with Gasteiger partial charge in [-0.2, -0.15) is 13.2 Å². The highest BCUT2D eigenvalue weighted by molar-refractivity contribution is 5.94. The molecule has 2 aliphatic heterocycles. The minimum atomic E-state index is -4.69. The highest BCUT2D eigenvalue weighted by Gasteiger charge is 2.49. The fourth-order valence-electron chi connectivity index (χ4n) is 8.02. The second kappa shape index (κ2) is 14.7. The molecule has 12 heteroatoms. The maximum absolute atomic E-state index is 14.6. The van der Waals surface area contributed by atoms with Crippen LogP contribution in [0.2, 0.25) is 0 Å². The van der Waals surface area contributed by atoms with Crippen molar-refractivity contribution in [3.63, 3.8) is 0 Å². The van der Waals surface area contributed by atoms with E-state index in [0.29, 0.717) is 51.3 Å². The molecule has 3 aliphatic rings. The number of rotatable bonds is 12. The Labute approximate surface area is 285 Å². The molecule has 1 saturated heterocycles. The van der Waals surface area contributed by atoms with Crippen LogP contribution in [0.1, 0.15) is 96.6 Å². The summed E-state index contributed by atoms with van der Waals surface area (Å²) < 4.78 is 49.3. The number of alkyl halides is 3. The van der Waals surface area contributed by atoms with Crippen LogP contribution in [0.4, 0.5) is 13.2 Å². The number of likely N-dealkylation sites (tertiary alicyclic amines) is 1. The maximum Gasteiger partial charge on any atom is 0.416 e. The average molecular weight is 684 g/mol. The number of hydrogen-bond acceptors (Lipinski definition) is 6. The first-order valence-electron chi connectivity index (χ1n) is 17.6. The summed E-state index contributed by atoms with van der Waals surface area (Å²) in [7, 11) is 1.59. The van der Waals surface area contributed by atoms with Crippen LogP contribution in [0.5, 0.6) is 5.75 Å². The lowest BCUT2D eigenvalue weighted by Gasteiger charge is -2.51. The van der Waals surface area contributed by atoms with Crippen LogP contribution in [-0.4, -0.2) is 78.1 Å². The Hall–Kier alpha value is -3.61. The number of aromatic amines is 1. The van der Waals surface area contributed by atoms with E-state index in [1.807, 2.05) is 28.0 Å². The van der Waals surface area contributed by atoms with Gasteiger partial charge in [0.05, 0.1) is 25.3 Å². The van der Waals surface area contributed by atoms with E-state index < -0.39 is 29.1 Å². The molecule has 5 N–H and O–H groups in total. The number of nitrogens with zero attached hydrogens (tertiary/aromatic N) is 2. The van der Waals surface area contributed by atoms with E-state index in [1.165, 1.54) is 12.1 Å². The normalized spacial score (nSPS) is 19.6. The molecule has 3 heterocycles. The number of aliphatic hydroxyl groups excluding tert-OH is 1. The van der Waals surface area contributed by atoms with Gasteiger partial charge in [0.2, 0.25) is 5.91 Å². The summed E-state index contributed by atoms with van der Waals surface area (Å²) in [5.41, 5.74) is 6.90. The molecule has 2 aromatic carbocycles. The molecule has 2 amide bonds. The van der Waals surface area contributed by atoms with Crippen molar-refractivity contribution in [3.05, 3.63) is 64.3 Å². The zero-order valence-electron chi connectivity index (χ0n) is 28.2. The maximum atomic E-state index is 14.6. The Kier molecular flexibility index (Phi) is 10.6. The number of halogens is 3. The van der Waals surface area contributed by atoms with Crippen molar-refractivity contribution in [1.29, 1.82) is 0 Å². The zero-order chi connectivity index (χ0) is 34.8. The molecule has 0 unspecified atom stereocenters. The Morgan fingerprint density at radius 1 is 1.08 bits per heavy atom. The number of hydrogen-bond donors (Lipinski definition) is 4. The van der Waals surface area contributed by atoms with Crippen molar-refractivity contribution >= 4 is 22.7 Å². The van der Waals surface area contributed by atoms with Gasteiger partial charge in [-0.25, -0.2) is 0 Å². The second-order valence-electron chi connectivity index (χ2n) is 14.0. The summed E-state index contributed by atoms with van der Waals surface area (Å²) in [5.74, 6) is 0.432. The lowest BCUT2D eigenvalue weighted by atomic mass is 9.68. The van der Waals surface area contributed by atoms with Gasteiger partial charge < -0.3 is 30.8 Å². The van der Waals surface area contributed by atoms with Crippen LogP contribution in [0.25, 0.3) is 10.9 Å². The lowest BCUT2D eigenvalue weighted by Crippen LogP contribution is -2.55. The van der Waals surface area contributed by atoms with E-state index in [9.17, 15) is 27.9 Å². The Balaban J connectivity index is 1.30. The molecule has 3 aromatic rings. The SMILES string of the molecule is COc1ccc2c3c([nH]c2c1)[C@@H](CO)N(Cc1ccc(C(=O)NCCCCCCN)cc1C(F)(F)F)CC31CCN(C(=O)C2CCC2)CC1. The molecule has 6 rings (SSSR count). The number of piperidine rings is 1. The first kappa shape index (κ1) is 35.2. The third kappa shape index (κ3) is 7.18.